The number of aromatic nitrogens is 2. The van der Waals surface area contributed by atoms with Crippen molar-refractivity contribution in [2.24, 2.45) is 10.9 Å². The Morgan fingerprint density at radius 3 is 2.41 bits per heavy atom. The second-order valence-corrected chi connectivity index (χ2v) is 14.7. The third-order valence-corrected chi connectivity index (χ3v) is 11.3. The number of hydrogen-bond acceptors (Lipinski definition) is 9. The standard InChI is InChI=1S/C31H46F2N8O2S/c1-4-35-30-26(32)17-23(18-28(30)37-21(2)3)29-27(33)19-36-31(39-29)38-24-7-15-41(16-8-24)44(42,43)25-9-13-40(14-10-25)20-22-5-11-34-12-6-22/h4,17-19,21-22,24-25,34,37H,5-16,20H2,1-3H3,(H,36,38,39). The minimum atomic E-state index is -3.37. The Hall–Kier alpha value is -2.74. The number of nitrogens with zero attached hydrogens (tertiary/aromatic N) is 5. The molecule has 0 saturated carbocycles. The van der Waals surface area contributed by atoms with Crippen LogP contribution in [0.25, 0.3) is 11.3 Å². The number of rotatable bonds is 10. The summed E-state index contributed by atoms with van der Waals surface area (Å²) >= 11 is 0. The quantitative estimate of drug-likeness (QED) is 0.325. The molecule has 0 bridgehead atoms. The maximum atomic E-state index is 15.0. The van der Waals surface area contributed by atoms with Crippen LogP contribution in [0.15, 0.2) is 23.3 Å². The van der Waals surface area contributed by atoms with Crippen LogP contribution in [0.2, 0.25) is 0 Å². The highest BCUT2D eigenvalue weighted by Crippen LogP contribution is 2.35. The molecule has 0 atom stereocenters. The number of likely N-dealkylation sites (tertiary alicyclic amines) is 1. The predicted octanol–water partition coefficient (Wildman–Crippen LogP) is 4.63. The molecule has 3 saturated heterocycles. The summed E-state index contributed by atoms with van der Waals surface area (Å²) in [4.78, 5) is 15.1. The van der Waals surface area contributed by atoms with Crippen molar-refractivity contribution in [3.63, 3.8) is 0 Å². The Labute approximate surface area is 260 Å². The van der Waals surface area contributed by atoms with Crippen molar-refractivity contribution in [3.8, 4) is 11.3 Å². The van der Waals surface area contributed by atoms with Gasteiger partial charge in [0.2, 0.25) is 16.0 Å². The molecule has 0 aliphatic carbocycles. The van der Waals surface area contributed by atoms with Crippen LogP contribution in [0.1, 0.15) is 59.3 Å². The Morgan fingerprint density at radius 1 is 1.05 bits per heavy atom. The lowest BCUT2D eigenvalue weighted by molar-refractivity contribution is 0.176. The van der Waals surface area contributed by atoms with Gasteiger partial charge in [0.25, 0.3) is 0 Å². The van der Waals surface area contributed by atoms with Crippen molar-refractivity contribution in [1.82, 2.24) is 24.5 Å². The molecule has 2 aromatic rings. The van der Waals surface area contributed by atoms with E-state index in [4.69, 9.17) is 0 Å². The molecule has 3 aliphatic rings. The van der Waals surface area contributed by atoms with Crippen molar-refractivity contribution >= 4 is 33.6 Å². The van der Waals surface area contributed by atoms with Crippen LogP contribution < -0.4 is 16.0 Å². The van der Waals surface area contributed by atoms with Crippen LogP contribution in [-0.2, 0) is 10.0 Å². The molecule has 10 nitrogen and oxygen atoms in total. The molecule has 13 heteroatoms. The van der Waals surface area contributed by atoms with Gasteiger partial charge in [-0.1, -0.05) is 0 Å². The molecule has 44 heavy (non-hydrogen) atoms. The lowest BCUT2D eigenvalue weighted by atomic mass is 9.96. The number of halogens is 2. The summed E-state index contributed by atoms with van der Waals surface area (Å²) in [7, 11) is -3.37. The second kappa shape index (κ2) is 14.6. The Kier molecular flexibility index (Phi) is 10.8. The van der Waals surface area contributed by atoms with Crippen LogP contribution in [0.5, 0.6) is 0 Å². The summed E-state index contributed by atoms with van der Waals surface area (Å²) in [5, 5.41) is 9.51. The van der Waals surface area contributed by atoms with E-state index in [-0.39, 0.29) is 40.2 Å². The number of nitrogens with one attached hydrogen (secondary N) is 3. The van der Waals surface area contributed by atoms with E-state index < -0.39 is 21.7 Å². The molecule has 0 radical (unpaired) electrons. The summed E-state index contributed by atoms with van der Waals surface area (Å²) in [6, 6.07) is 2.81. The number of sulfonamides is 1. The SMILES string of the molecule is CC=Nc1c(F)cc(-c2nc(NC3CCN(S(=O)(=O)C4CCN(CC5CCNCC5)CC4)CC3)ncc2F)cc1NC(C)C. The molecule has 1 aromatic carbocycles. The van der Waals surface area contributed by atoms with Crippen molar-refractivity contribution in [1.29, 1.82) is 0 Å². The van der Waals surface area contributed by atoms with Crippen LogP contribution >= 0.6 is 0 Å². The van der Waals surface area contributed by atoms with Gasteiger partial charge in [0, 0.05) is 43.5 Å². The average Bonchev–Trinajstić information content (AvgIpc) is 3.00. The van der Waals surface area contributed by atoms with E-state index >= 15 is 4.39 Å². The Balaban J connectivity index is 1.18. The fourth-order valence-corrected chi connectivity index (χ4v) is 8.47. The fourth-order valence-electron chi connectivity index (χ4n) is 6.52. The van der Waals surface area contributed by atoms with Gasteiger partial charge in [-0.25, -0.2) is 31.5 Å². The van der Waals surface area contributed by atoms with E-state index in [1.54, 1.807) is 17.3 Å². The second-order valence-electron chi connectivity index (χ2n) is 12.5. The molecule has 3 aliphatic heterocycles. The largest absolute Gasteiger partial charge is 0.381 e. The number of aliphatic imine (C=N–C) groups is 1. The van der Waals surface area contributed by atoms with Gasteiger partial charge >= 0.3 is 0 Å². The summed E-state index contributed by atoms with van der Waals surface area (Å²) in [6.45, 7) is 11.3. The zero-order chi connectivity index (χ0) is 31.3. The number of anilines is 2. The minimum absolute atomic E-state index is 0.00890. The zero-order valence-electron chi connectivity index (χ0n) is 26.0. The number of hydrogen-bond donors (Lipinski definition) is 3. The first-order valence-electron chi connectivity index (χ1n) is 15.9. The molecule has 5 rings (SSSR count). The molecule has 1 aromatic heterocycles. The van der Waals surface area contributed by atoms with Crippen LogP contribution in [0.4, 0.5) is 26.1 Å². The fraction of sp³-hybridized carbons (Fsp3) is 0.645. The molecule has 0 amide bonds. The summed E-state index contributed by atoms with van der Waals surface area (Å²) in [6.07, 6.45) is 7.51. The predicted molar refractivity (Wildman–Crippen MR) is 172 cm³/mol. The van der Waals surface area contributed by atoms with E-state index in [2.05, 4.69) is 35.8 Å². The lowest BCUT2D eigenvalue weighted by Gasteiger charge is -2.38. The van der Waals surface area contributed by atoms with Gasteiger partial charge in [-0.2, -0.15) is 0 Å². The van der Waals surface area contributed by atoms with Gasteiger partial charge in [0.1, 0.15) is 11.4 Å². The van der Waals surface area contributed by atoms with Gasteiger partial charge in [-0.05, 0) is 104 Å². The van der Waals surface area contributed by atoms with E-state index in [9.17, 15) is 12.8 Å². The van der Waals surface area contributed by atoms with Gasteiger partial charge in [0.05, 0.1) is 17.1 Å². The smallest absolute Gasteiger partial charge is 0.223 e. The van der Waals surface area contributed by atoms with Crippen LogP contribution in [0.3, 0.4) is 0 Å². The molecule has 0 spiro atoms. The van der Waals surface area contributed by atoms with Gasteiger partial charge in [-0.15, -0.1) is 0 Å². The highest BCUT2D eigenvalue weighted by atomic mass is 32.2. The van der Waals surface area contributed by atoms with Crippen molar-refractivity contribution in [2.45, 2.75) is 76.6 Å². The molecule has 4 heterocycles. The highest BCUT2D eigenvalue weighted by molar-refractivity contribution is 7.89. The topological polar surface area (TPSA) is 115 Å². The van der Waals surface area contributed by atoms with Crippen molar-refractivity contribution in [2.75, 3.05) is 56.4 Å². The number of piperidine rings is 3. The van der Waals surface area contributed by atoms with Crippen molar-refractivity contribution < 1.29 is 17.2 Å². The number of benzene rings is 1. The maximum absolute atomic E-state index is 15.0. The molecule has 0 unspecified atom stereocenters. The van der Waals surface area contributed by atoms with E-state index in [0.29, 0.717) is 50.4 Å². The summed E-state index contributed by atoms with van der Waals surface area (Å²) < 4.78 is 58.6. The van der Waals surface area contributed by atoms with Crippen LogP contribution in [-0.4, -0.2) is 97.0 Å². The Bertz CT molecular complexity index is 1400. The Morgan fingerprint density at radius 2 is 1.75 bits per heavy atom. The lowest BCUT2D eigenvalue weighted by Crippen LogP contribution is -2.49. The van der Waals surface area contributed by atoms with Crippen LogP contribution in [0, 0.1) is 17.6 Å². The first kappa shape index (κ1) is 32.6. The maximum Gasteiger partial charge on any atom is 0.223 e. The first-order chi connectivity index (χ1) is 21.1. The van der Waals surface area contributed by atoms with Gasteiger partial charge in [-0.3, -0.25) is 4.99 Å². The van der Waals surface area contributed by atoms with Gasteiger partial charge < -0.3 is 20.9 Å². The molecule has 3 fully saturated rings. The van der Waals surface area contributed by atoms with E-state index in [1.807, 2.05) is 13.8 Å². The van der Waals surface area contributed by atoms with E-state index in [0.717, 1.165) is 38.9 Å². The zero-order valence-corrected chi connectivity index (χ0v) is 26.8. The molecular formula is C31H46F2N8O2S. The third-order valence-electron chi connectivity index (χ3n) is 8.86. The molecule has 3 N–H and O–H groups in total. The van der Waals surface area contributed by atoms with Gasteiger partial charge in [0.15, 0.2) is 11.6 Å². The highest BCUT2D eigenvalue weighted by Gasteiger charge is 2.37. The minimum Gasteiger partial charge on any atom is -0.381 e. The monoisotopic (exact) mass is 632 g/mol. The third kappa shape index (κ3) is 7.91. The summed E-state index contributed by atoms with van der Waals surface area (Å²) in [5.41, 5.74) is 0.849. The van der Waals surface area contributed by atoms with E-state index in [1.165, 1.54) is 25.1 Å². The average molecular weight is 633 g/mol. The molecule has 242 valence electrons. The molecular weight excluding hydrogens is 586 g/mol. The first-order valence-corrected chi connectivity index (χ1v) is 17.4. The summed E-state index contributed by atoms with van der Waals surface area (Å²) in [5.74, 6) is -0.325. The normalized spacial score (nSPS) is 20.5. The van der Waals surface area contributed by atoms with Crippen molar-refractivity contribution in [3.05, 3.63) is 30.0 Å².